The summed E-state index contributed by atoms with van der Waals surface area (Å²) in [5.74, 6) is -0.422. The van der Waals surface area contributed by atoms with Crippen LogP contribution < -0.4 is 5.32 Å². The molecule has 0 heterocycles. The maximum atomic E-state index is 11.8. The van der Waals surface area contributed by atoms with E-state index in [1.54, 1.807) is 13.8 Å². The molecule has 0 radical (unpaired) electrons. The fourth-order valence-electron chi connectivity index (χ4n) is 1.69. The van der Waals surface area contributed by atoms with Crippen LogP contribution in [0.5, 0.6) is 0 Å². The Hall–Kier alpha value is -1.32. The number of rotatable bonds is 4. The molecule has 2 atom stereocenters. The second kappa shape index (κ2) is 6.30. The third-order valence-corrected chi connectivity index (χ3v) is 2.64. The Morgan fingerprint density at radius 1 is 1.50 bits per heavy atom. The number of nitrogens with one attached hydrogen (secondary N) is 1. The van der Waals surface area contributed by atoms with Gasteiger partial charge >= 0.3 is 5.97 Å². The van der Waals surface area contributed by atoms with E-state index in [9.17, 15) is 9.59 Å². The molecule has 0 aromatic carbocycles. The topological polar surface area (TPSA) is 55.4 Å². The second-order valence-electron chi connectivity index (χ2n) is 3.96. The summed E-state index contributed by atoms with van der Waals surface area (Å²) in [7, 11) is 0. The first-order valence-electron chi connectivity index (χ1n) is 5.77. The Kier molecular flexibility index (Phi) is 5.02. The molecule has 0 saturated carbocycles. The molecule has 1 amide bonds. The lowest BCUT2D eigenvalue weighted by Gasteiger charge is -2.19. The van der Waals surface area contributed by atoms with Crippen LogP contribution >= 0.6 is 0 Å². The van der Waals surface area contributed by atoms with E-state index in [0.29, 0.717) is 6.61 Å². The van der Waals surface area contributed by atoms with Crippen LogP contribution in [-0.4, -0.2) is 24.5 Å². The van der Waals surface area contributed by atoms with Crippen molar-refractivity contribution < 1.29 is 14.3 Å². The molecule has 4 nitrogen and oxygen atoms in total. The first kappa shape index (κ1) is 12.7. The molecule has 1 rings (SSSR count). The predicted octanol–water partition coefficient (Wildman–Crippen LogP) is 1.41. The molecule has 1 N–H and O–H groups in total. The highest BCUT2D eigenvalue weighted by atomic mass is 16.5. The van der Waals surface area contributed by atoms with Crippen LogP contribution in [0.25, 0.3) is 0 Å². The van der Waals surface area contributed by atoms with Gasteiger partial charge in [-0.15, -0.1) is 0 Å². The molecule has 1 aliphatic carbocycles. The van der Waals surface area contributed by atoms with Crippen molar-refractivity contribution in [2.24, 2.45) is 5.92 Å². The number of carbonyl (C=O) groups excluding carboxylic acids is 2. The van der Waals surface area contributed by atoms with Crippen LogP contribution in [0.3, 0.4) is 0 Å². The third-order valence-electron chi connectivity index (χ3n) is 2.64. The molecular weight excluding hydrogens is 206 g/mol. The van der Waals surface area contributed by atoms with Gasteiger partial charge in [-0.3, -0.25) is 4.79 Å². The lowest BCUT2D eigenvalue weighted by molar-refractivity contribution is -0.147. The average Bonchev–Trinajstić information content (AvgIpc) is 2.30. The Morgan fingerprint density at radius 3 is 2.81 bits per heavy atom. The summed E-state index contributed by atoms with van der Waals surface area (Å²) in [4.78, 5) is 23.1. The number of carbonyl (C=O) groups is 2. The fraction of sp³-hybridized carbons (Fsp3) is 0.667. The van der Waals surface area contributed by atoms with Gasteiger partial charge in [-0.05, 0) is 33.1 Å². The minimum absolute atomic E-state index is 0.00174. The Balaban J connectivity index is 2.38. The molecule has 4 heteroatoms. The van der Waals surface area contributed by atoms with Crippen molar-refractivity contribution in [1.82, 2.24) is 5.32 Å². The summed E-state index contributed by atoms with van der Waals surface area (Å²) in [5.41, 5.74) is 0. The number of allylic oxidation sites excluding steroid dienone is 2. The SMILES string of the molecule is CCOC(=O)C(C)NC(=O)C1CC=CCC1. The van der Waals surface area contributed by atoms with Crippen molar-refractivity contribution >= 4 is 11.9 Å². The molecular formula is C12H19NO3. The Labute approximate surface area is 96.0 Å². The Bertz CT molecular complexity index is 286. The average molecular weight is 225 g/mol. The van der Waals surface area contributed by atoms with E-state index in [1.807, 2.05) is 6.08 Å². The number of hydrogen-bond acceptors (Lipinski definition) is 3. The van der Waals surface area contributed by atoms with Gasteiger partial charge in [0.1, 0.15) is 6.04 Å². The fourth-order valence-corrected chi connectivity index (χ4v) is 1.69. The van der Waals surface area contributed by atoms with Crippen molar-refractivity contribution in [3.63, 3.8) is 0 Å². The van der Waals surface area contributed by atoms with Gasteiger partial charge in [-0.2, -0.15) is 0 Å². The normalized spacial score (nSPS) is 21.2. The van der Waals surface area contributed by atoms with Crippen molar-refractivity contribution in [2.75, 3.05) is 6.61 Å². The molecule has 0 fully saturated rings. The molecule has 0 saturated heterocycles. The molecule has 0 aromatic heterocycles. The van der Waals surface area contributed by atoms with Gasteiger partial charge in [0.15, 0.2) is 0 Å². The number of amides is 1. The van der Waals surface area contributed by atoms with E-state index < -0.39 is 6.04 Å². The van der Waals surface area contributed by atoms with Gasteiger partial charge in [-0.1, -0.05) is 12.2 Å². The molecule has 90 valence electrons. The quantitative estimate of drug-likeness (QED) is 0.581. The first-order chi connectivity index (χ1) is 7.65. The van der Waals surface area contributed by atoms with Gasteiger partial charge < -0.3 is 10.1 Å². The highest BCUT2D eigenvalue weighted by molar-refractivity contribution is 5.85. The zero-order chi connectivity index (χ0) is 12.0. The van der Waals surface area contributed by atoms with Crippen LogP contribution in [0.4, 0.5) is 0 Å². The molecule has 0 bridgehead atoms. The van der Waals surface area contributed by atoms with Gasteiger partial charge in [0.05, 0.1) is 6.61 Å². The van der Waals surface area contributed by atoms with Crippen LogP contribution in [0.1, 0.15) is 33.1 Å². The standard InChI is InChI=1S/C12H19NO3/c1-3-16-12(15)9(2)13-11(14)10-7-5-4-6-8-10/h4-5,9-10H,3,6-8H2,1-2H3,(H,13,14). The summed E-state index contributed by atoms with van der Waals surface area (Å²) < 4.78 is 4.82. The molecule has 2 unspecified atom stereocenters. The van der Waals surface area contributed by atoms with Crippen LogP contribution in [0.2, 0.25) is 0 Å². The maximum Gasteiger partial charge on any atom is 0.328 e. The van der Waals surface area contributed by atoms with Crippen LogP contribution in [-0.2, 0) is 14.3 Å². The predicted molar refractivity (Wildman–Crippen MR) is 60.7 cm³/mol. The van der Waals surface area contributed by atoms with E-state index in [2.05, 4.69) is 11.4 Å². The number of ether oxygens (including phenoxy) is 1. The lowest BCUT2D eigenvalue weighted by atomic mass is 9.93. The van der Waals surface area contributed by atoms with E-state index in [4.69, 9.17) is 4.74 Å². The summed E-state index contributed by atoms with van der Waals surface area (Å²) in [6.45, 7) is 3.73. The molecule has 1 aliphatic rings. The summed E-state index contributed by atoms with van der Waals surface area (Å²) in [6, 6.07) is -0.557. The first-order valence-corrected chi connectivity index (χ1v) is 5.77. The molecule has 0 aromatic rings. The maximum absolute atomic E-state index is 11.8. The zero-order valence-electron chi connectivity index (χ0n) is 9.86. The van der Waals surface area contributed by atoms with Gasteiger partial charge in [0, 0.05) is 5.92 Å². The third kappa shape index (κ3) is 3.68. The van der Waals surface area contributed by atoms with Crippen molar-refractivity contribution in [2.45, 2.75) is 39.2 Å². The van der Waals surface area contributed by atoms with Crippen molar-refractivity contribution in [3.8, 4) is 0 Å². The molecule has 16 heavy (non-hydrogen) atoms. The van der Waals surface area contributed by atoms with E-state index in [0.717, 1.165) is 19.3 Å². The van der Waals surface area contributed by atoms with Gasteiger partial charge in [0.2, 0.25) is 5.91 Å². The smallest absolute Gasteiger partial charge is 0.328 e. The van der Waals surface area contributed by atoms with Gasteiger partial charge in [0.25, 0.3) is 0 Å². The Morgan fingerprint density at radius 2 is 2.25 bits per heavy atom. The number of esters is 1. The van der Waals surface area contributed by atoms with Crippen molar-refractivity contribution in [3.05, 3.63) is 12.2 Å². The van der Waals surface area contributed by atoms with Crippen molar-refractivity contribution in [1.29, 1.82) is 0 Å². The monoisotopic (exact) mass is 225 g/mol. The number of hydrogen-bond donors (Lipinski definition) is 1. The zero-order valence-corrected chi connectivity index (χ0v) is 9.86. The highest BCUT2D eigenvalue weighted by Crippen LogP contribution is 2.18. The minimum atomic E-state index is -0.557. The molecule has 0 spiro atoms. The second-order valence-corrected chi connectivity index (χ2v) is 3.96. The van der Waals surface area contributed by atoms with E-state index >= 15 is 0 Å². The van der Waals surface area contributed by atoms with E-state index in [1.165, 1.54) is 0 Å². The van der Waals surface area contributed by atoms with Crippen LogP contribution in [0.15, 0.2) is 12.2 Å². The molecule has 0 aliphatic heterocycles. The highest BCUT2D eigenvalue weighted by Gasteiger charge is 2.23. The van der Waals surface area contributed by atoms with E-state index in [-0.39, 0.29) is 17.8 Å². The largest absolute Gasteiger partial charge is 0.464 e. The summed E-state index contributed by atoms with van der Waals surface area (Å²) >= 11 is 0. The summed E-state index contributed by atoms with van der Waals surface area (Å²) in [6.07, 6.45) is 6.66. The van der Waals surface area contributed by atoms with Crippen LogP contribution in [0, 0.1) is 5.92 Å². The van der Waals surface area contributed by atoms with Gasteiger partial charge in [-0.25, -0.2) is 4.79 Å². The lowest BCUT2D eigenvalue weighted by Crippen LogP contribution is -2.42. The summed E-state index contributed by atoms with van der Waals surface area (Å²) in [5, 5.41) is 2.69. The minimum Gasteiger partial charge on any atom is -0.464 e.